The molecule has 0 bridgehead atoms. The largest absolute Gasteiger partial charge is 0.335 e. The molecule has 0 aromatic heterocycles. The quantitative estimate of drug-likeness (QED) is 0.674. The second kappa shape index (κ2) is 2.96. The number of carbonyl (C=O) groups excluding carboxylic acids is 1. The summed E-state index contributed by atoms with van der Waals surface area (Å²) in [6.45, 7) is 0.943. The zero-order valence-corrected chi connectivity index (χ0v) is 7.55. The van der Waals surface area contributed by atoms with Gasteiger partial charge in [-0.1, -0.05) is 0 Å². The van der Waals surface area contributed by atoms with Gasteiger partial charge < -0.3 is 10.2 Å². The normalized spacial score (nSPS) is 22.1. The highest BCUT2D eigenvalue weighted by molar-refractivity contribution is 5.74. The first-order valence-electron chi connectivity index (χ1n) is 4.77. The number of nitrogens with zero attached hydrogens (tertiary/aromatic N) is 1. The van der Waals surface area contributed by atoms with Crippen LogP contribution >= 0.6 is 0 Å². The van der Waals surface area contributed by atoms with Crippen LogP contribution in [-0.2, 0) is 0 Å². The minimum Gasteiger partial charge on any atom is -0.335 e. The molecule has 2 amide bonds. The molecule has 0 heterocycles. The Kier molecular flexibility index (Phi) is 1.95. The minimum atomic E-state index is 0.115. The van der Waals surface area contributed by atoms with Gasteiger partial charge in [-0.25, -0.2) is 4.79 Å². The van der Waals surface area contributed by atoms with Gasteiger partial charge in [-0.2, -0.15) is 0 Å². The summed E-state index contributed by atoms with van der Waals surface area (Å²) in [5.74, 6) is 0.792. The Morgan fingerprint density at radius 2 is 2.08 bits per heavy atom. The van der Waals surface area contributed by atoms with Gasteiger partial charge in [0.25, 0.3) is 0 Å². The van der Waals surface area contributed by atoms with Gasteiger partial charge in [0.2, 0.25) is 0 Å². The Morgan fingerprint density at radius 3 is 2.58 bits per heavy atom. The van der Waals surface area contributed by atoms with Crippen LogP contribution in [0.2, 0.25) is 0 Å². The maximum Gasteiger partial charge on any atom is 0.317 e. The topological polar surface area (TPSA) is 32.3 Å². The van der Waals surface area contributed by atoms with Crippen molar-refractivity contribution in [3.8, 4) is 0 Å². The first-order chi connectivity index (χ1) is 5.75. The third-order valence-corrected chi connectivity index (χ3v) is 2.48. The smallest absolute Gasteiger partial charge is 0.317 e. The lowest BCUT2D eigenvalue weighted by molar-refractivity contribution is 0.206. The van der Waals surface area contributed by atoms with Crippen LogP contribution in [0.25, 0.3) is 0 Å². The summed E-state index contributed by atoms with van der Waals surface area (Å²) in [5.41, 5.74) is 0. The van der Waals surface area contributed by atoms with Crippen LogP contribution < -0.4 is 5.32 Å². The summed E-state index contributed by atoms with van der Waals surface area (Å²) >= 11 is 0. The number of nitrogens with one attached hydrogen (secondary N) is 1. The van der Waals surface area contributed by atoms with Crippen molar-refractivity contribution in [2.45, 2.75) is 31.7 Å². The first kappa shape index (κ1) is 7.90. The summed E-state index contributed by atoms with van der Waals surface area (Å²) in [7, 11) is 1.88. The molecular weight excluding hydrogens is 152 g/mol. The molecule has 12 heavy (non-hydrogen) atoms. The van der Waals surface area contributed by atoms with E-state index in [9.17, 15) is 4.79 Å². The van der Waals surface area contributed by atoms with Crippen LogP contribution in [0.1, 0.15) is 25.7 Å². The SMILES string of the molecule is CN(CC1CC1)C(=O)NC1CC1. The maximum absolute atomic E-state index is 11.4. The summed E-state index contributed by atoms with van der Waals surface area (Å²) in [5, 5.41) is 2.97. The van der Waals surface area contributed by atoms with Gasteiger partial charge in [0.1, 0.15) is 0 Å². The Hall–Kier alpha value is -0.730. The van der Waals surface area contributed by atoms with Gasteiger partial charge in [0, 0.05) is 19.6 Å². The van der Waals surface area contributed by atoms with Crippen LogP contribution in [0.15, 0.2) is 0 Å². The Morgan fingerprint density at radius 1 is 1.42 bits per heavy atom. The molecular formula is C9H16N2O. The molecule has 0 aliphatic heterocycles. The van der Waals surface area contributed by atoms with Crippen LogP contribution in [0, 0.1) is 5.92 Å². The van der Waals surface area contributed by atoms with E-state index in [1.165, 1.54) is 25.7 Å². The molecule has 0 aromatic carbocycles. The van der Waals surface area contributed by atoms with E-state index in [1.807, 2.05) is 11.9 Å². The van der Waals surface area contributed by atoms with Crippen LogP contribution in [0.5, 0.6) is 0 Å². The highest BCUT2D eigenvalue weighted by Gasteiger charge is 2.28. The maximum atomic E-state index is 11.4. The number of hydrogen-bond donors (Lipinski definition) is 1. The highest BCUT2D eigenvalue weighted by atomic mass is 16.2. The zero-order chi connectivity index (χ0) is 8.55. The molecule has 0 spiro atoms. The average molecular weight is 168 g/mol. The second-order valence-corrected chi connectivity index (χ2v) is 4.05. The first-order valence-corrected chi connectivity index (χ1v) is 4.77. The molecule has 1 N–H and O–H groups in total. The lowest BCUT2D eigenvalue weighted by Gasteiger charge is -2.17. The third kappa shape index (κ3) is 2.13. The monoisotopic (exact) mass is 168 g/mol. The van der Waals surface area contributed by atoms with Gasteiger partial charge in [-0.05, 0) is 31.6 Å². The van der Waals surface area contributed by atoms with E-state index in [0.29, 0.717) is 6.04 Å². The molecule has 3 heteroatoms. The fourth-order valence-corrected chi connectivity index (χ4v) is 1.28. The Labute approximate surface area is 73.1 Å². The predicted octanol–water partition coefficient (Wildman–Crippen LogP) is 1.20. The average Bonchev–Trinajstić information content (AvgIpc) is 2.79. The van der Waals surface area contributed by atoms with Crippen LogP contribution in [0.3, 0.4) is 0 Å². The van der Waals surface area contributed by atoms with Gasteiger partial charge in [-0.15, -0.1) is 0 Å². The molecule has 3 nitrogen and oxygen atoms in total. The molecule has 0 aromatic rings. The third-order valence-electron chi connectivity index (χ3n) is 2.48. The van der Waals surface area contributed by atoms with Crippen molar-refractivity contribution in [2.24, 2.45) is 5.92 Å². The highest BCUT2D eigenvalue weighted by Crippen LogP contribution is 2.29. The van der Waals surface area contributed by atoms with Crippen molar-refractivity contribution in [1.29, 1.82) is 0 Å². The van der Waals surface area contributed by atoms with Crippen LogP contribution in [-0.4, -0.2) is 30.6 Å². The lowest BCUT2D eigenvalue weighted by atomic mass is 10.4. The number of hydrogen-bond acceptors (Lipinski definition) is 1. The summed E-state index contributed by atoms with van der Waals surface area (Å²) in [6, 6.07) is 0.601. The molecule has 2 aliphatic rings. The minimum absolute atomic E-state index is 0.115. The van der Waals surface area contributed by atoms with Gasteiger partial charge in [0.05, 0.1) is 0 Å². The van der Waals surface area contributed by atoms with E-state index in [0.717, 1.165) is 12.5 Å². The number of carbonyl (C=O) groups is 1. The van der Waals surface area contributed by atoms with Crippen molar-refractivity contribution >= 4 is 6.03 Å². The second-order valence-electron chi connectivity index (χ2n) is 4.05. The van der Waals surface area contributed by atoms with Crippen molar-refractivity contribution < 1.29 is 4.79 Å². The fourth-order valence-electron chi connectivity index (χ4n) is 1.28. The number of amides is 2. The molecule has 0 saturated heterocycles. The van der Waals surface area contributed by atoms with E-state index in [1.54, 1.807) is 0 Å². The van der Waals surface area contributed by atoms with E-state index < -0.39 is 0 Å². The molecule has 0 radical (unpaired) electrons. The standard InChI is InChI=1S/C9H16N2O/c1-11(6-7-2-3-7)9(12)10-8-4-5-8/h7-8H,2-6H2,1H3,(H,10,12). The van der Waals surface area contributed by atoms with E-state index in [-0.39, 0.29) is 6.03 Å². The Bertz CT molecular complexity index is 185. The summed E-state index contributed by atoms with van der Waals surface area (Å²) < 4.78 is 0. The Balaban J connectivity index is 1.68. The molecule has 0 atom stereocenters. The lowest BCUT2D eigenvalue weighted by Crippen LogP contribution is -2.39. The summed E-state index contributed by atoms with van der Waals surface area (Å²) in [4.78, 5) is 13.2. The van der Waals surface area contributed by atoms with E-state index in [4.69, 9.17) is 0 Å². The molecule has 2 aliphatic carbocycles. The molecule has 68 valence electrons. The van der Waals surface area contributed by atoms with Crippen molar-refractivity contribution in [3.05, 3.63) is 0 Å². The van der Waals surface area contributed by atoms with E-state index in [2.05, 4.69) is 5.32 Å². The fraction of sp³-hybridized carbons (Fsp3) is 0.889. The van der Waals surface area contributed by atoms with Crippen LogP contribution in [0.4, 0.5) is 4.79 Å². The van der Waals surface area contributed by atoms with E-state index >= 15 is 0 Å². The molecule has 2 fully saturated rings. The molecule has 0 unspecified atom stereocenters. The molecule has 2 saturated carbocycles. The summed E-state index contributed by atoms with van der Waals surface area (Å²) in [6.07, 6.45) is 4.95. The van der Waals surface area contributed by atoms with Gasteiger partial charge >= 0.3 is 6.03 Å². The number of rotatable bonds is 3. The number of urea groups is 1. The zero-order valence-electron chi connectivity index (χ0n) is 7.55. The predicted molar refractivity (Wildman–Crippen MR) is 46.9 cm³/mol. The van der Waals surface area contributed by atoms with Crippen molar-refractivity contribution in [2.75, 3.05) is 13.6 Å². The van der Waals surface area contributed by atoms with Gasteiger partial charge in [0.15, 0.2) is 0 Å². The van der Waals surface area contributed by atoms with Crippen molar-refractivity contribution in [3.63, 3.8) is 0 Å². The van der Waals surface area contributed by atoms with Gasteiger partial charge in [-0.3, -0.25) is 0 Å². The van der Waals surface area contributed by atoms with Crippen molar-refractivity contribution in [1.82, 2.24) is 10.2 Å². The molecule has 2 rings (SSSR count).